The molecule has 4 saturated heterocycles. The van der Waals surface area contributed by atoms with Crippen molar-refractivity contribution in [3.05, 3.63) is 83.5 Å². The third-order valence-electron chi connectivity index (χ3n) is 13.6. The van der Waals surface area contributed by atoms with E-state index >= 15 is 0 Å². The molecule has 0 amide bonds. The van der Waals surface area contributed by atoms with Gasteiger partial charge in [-0.25, -0.2) is 13.1 Å². The molecule has 368 valence electrons. The lowest BCUT2D eigenvalue weighted by atomic mass is 9.85. The predicted molar refractivity (Wildman–Crippen MR) is 258 cm³/mol. The molecule has 4 fully saturated rings. The van der Waals surface area contributed by atoms with E-state index in [1.165, 1.54) is 17.5 Å². The van der Waals surface area contributed by atoms with Crippen molar-refractivity contribution in [3.63, 3.8) is 0 Å². The summed E-state index contributed by atoms with van der Waals surface area (Å²) in [4.78, 5) is 30.8. The summed E-state index contributed by atoms with van der Waals surface area (Å²) in [6, 6.07) is 21.3. The average Bonchev–Trinajstić information content (AvgIpc) is 3.85. The van der Waals surface area contributed by atoms with Crippen LogP contribution in [0, 0.1) is 18.6 Å². The molecule has 4 aliphatic rings. The molecule has 0 unspecified atom stereocenters. The number of rotatable bonds is 17. The highest BCUT2D eigenvalue weighted by Gasteiger charge is 2.58. The Morgan fingerprint density at radius 3 is 1.74 bits per heavy atom. The van der Waals surface area contributed by atoms with Gasteiger partial charge in [0.2, 0.25) is 12.1 Å². The summed E-state index contributed by atoms with van der Waals surface area (Å²) in [6.45, 7) is 31.7. The van der Waals surface area contributed by atoms with E-state index in [-0.39, 0.29) is 78.4 Å². The Hall–Kier alpha value is -3.73. The number of carbonyl (C=O) groups excluding carboxylic acids is 2. The number of fused-ring (bicyclic) bond motifs is 2. The average molecular weight is 940 g/mol. The maximum Gasteiger partial charge on any atom is 0.311 e. The van der Waals surface area contributed by atoms with Gasteiger partial charge in [-0.3, -0.25) is 14.3 Å². The smallest absolute Gasteiger partial charge is 0.311 e. The van der Waals surface area contributed by atoms with Gasteiger partial charge in [-0.05, 0) is 81.1 Å². The van der Waals surface area contributed by atoms with E-state index in [1.807, 2.05) is 34.6 Å². The van der Waals surface area contributed by atoms with Crippen molar-refractivity contribution in [2.24, 2.45) is 5.41 Å². The van der Waals surface area contributed by atoms with Crippen molar-refractivity contribution >= 4 is 30.6 Å². The first kappa shape index (κ1) is 54.9. The molecule has 2 aromatic rings. The Labute approximate surface area is 396 Å². The summed E-state index contributed by atoms with van der Waals surface area (Å²) in [7, 11) is -1.41. The van der Waals surface area contributed by atoms with Gasteiger partial charge in [-0.2, -0.15) is 0 Å². The van der Waals surface area contributed by atoms with Crippen molar-refractivity contribution in [2.45, 2.75) is 197 Å². The first-order chi connectivity index (χ1) is 30.8. The van der Waals surface area contributed by atoms with Crippen molar-refractivity contribution in [1.29, 1.82) is 0 Å². The zero-order chi connectivity index (χ0) is 47.5. The number of aliphatic hydroxyl groups is 1. The second-order valence-corrected chi connectivity index (χ2v) is 25.2. The Morgan fingerprint density at radius 2 is 1.27 bits per heavy atom. The minimum atomic E-state index is -2.78. The van der Waals surface area contributed by atoms with Crippen LogP contribution in [0.2, 0.25) is 5.04 Å². The van der Waals surface area contributed by atoms with Gasteiger partial charge in [0.05, 0.1) is 69.0 Å². The number of hydrogen-bond acceptors (Lipinski definition) is 10. The summed E-state index contributed by atoms with van der Waals surface area (Å²) in [5, 5.41) is 12.2. The summed E-state index contributed by atoms with van der Waals surface area (Å²) in [5.41, 5.74) is -1.78. The zero-order valence-corrected chi connectivity index (χ0v) is 41.9. The lowest BCUT2D eigenvalue weighted by Crippen LogP contribution is -2.68. The zero-order valence-electron chi connectivity index (χ0n) is 40.9. The summed E-state index contributed by atoms with van der Waals surface area (Å²) >= 11 is 0. The molecule has 10 atom stereocenters. The second kappa shape index (κ2) is 24.0. The number of nitrogens with zero attached hydrogens (tertiary/aromatic N) is 2. The van der Waals surface area contributed by atoms with Gasteiger partial charge in [0.25, 0.3) is 8.32 Å². The second-order valence-electron chi connectivity index (χ2n) is 20.8. The Balaban J connectivity index is 0.000000419. The lowest BCUT2D eigenvalue weighted by molar-refractivity contribution is -0.184. The van der Waals surface area contributed by atoms with Crippen LogP contribution in [-0.4, -0.2) is 112 Å². The van der Waals surface area contributed by atoms with E-state index in [0.29, 0.717) is 45.3 Å². The minimum Gasteiger partial charge on any atom is -0.469 e. The third kappa shape index (κ3) is 13.5. The van der Waals surface area contributed by atoms with E-state index < -0.39 is 24.9 Å². The van der Waals surface area contributed by atoms with Crippen LogP contribution in [0.3, 0.4) is 0 Å². The molecule has 2 aromatic carbocycles. The Kier molecular flexibility index (Phi) is 20.0. The highest BCUT2D eigenvalue weighted by Crippen LogP contribution is 2.47. The van der Waals surface area contributed by atoms with Gasteiger partial charge < -0.3 is 47.6 Å². The van der Waals surface area contributed by atoms with Crippen LogP contribution in [0.5, 0.6) is 0 Å². The van der Waals surface area contributed by atoms with E-state index in [1.54, 1.807) is 0 Å². The SMILES string of the molecule is F.[2HH].[C-]#[N+][C@H](C)C[C@H]1CC[C@@H]2O[C@@H](CCC(=O)OC)C[C@]2(CO)O1.[C-]#[N+][C@H](C)C[C@H]1CC[C@@H]2O[C@@H](CCCOC(=O)C(C)(C)C)C[C@]2(CO[Si](c2ccccc2)(c2ccccc2)C(C)(C)C)O1. The molecule has 66 heavy (non-hydrogen) atoms. The van der Waals surface area contributed by atoms with E-state index in [0.717, 1.165) is 44.9 Å². The summed E-state index contributed by atoms with van der Waals surface area (Å²) in [6.07, 6.45) is 8.27. The number of methoxy groups -OCH3 is 1. The topological polar surface area (TPSA) is 128 Å². The van der Waals surface area contributed by atoms with Crippen LogP contribution in [0.1, 0.15) is 134 Å². The normalized spacial score (nSPS) is 28.1. The monoisotopic (exact) mass is 940 g/mol. The van der Waals surface area contributed by atoms with Crippen LogP contribution in [-0.2, 0) is 42.4 Å². The van der Waals surface area contributed by atoms with Crippen molar-refractivity contribution in [3.8, 4) is 0 Å². The van der Waals surface area contributed by atoms with Crippen LogP contribution in [0.25, 0.3) is 9.69 Å². The summed E-state index contributed by atoms with van der Waals surface area (Å²) in [5.74, 6) is -0.426. The Morgan fingerprint density at radius 1 is 0.788 bits per heavy atom. The van der Waals surface area contributed by atoms with Crippen LogP contribution in [0.15, 0.2) is 60.7 Å². The van der Waals surface area contributed by atoms with Crippen LogP contribution in [0.4, 0.5) is 4.70 Å². The number of halogens is 1. The standard InChI is InChI=1S/C36H51NO5Si.C16H25NO5.FH.H2/c1-27(37-8)24-28-21-22-32-36(42-28,25-29(41-32)16-15-23-39-33(38)34(2,3)4)26-40-43(35(5,6)7,30-17-11-9-12-18-30)31-19-13-10-14-20-31;1-11(17-2)8-12-4-6-14-16(10-18,22-12)9-13(21-14)5-7-15(19)20-3;;/h9-14,17-20,27-29,32H,15-16,21-26H2,1-7H3;11-14,18H,4-10H2,1,3H3;2*1H/t27-,28-,29+,32+,36-;11-,12-,13+,14+,16-;;/m11../s1/i;;;1+1. The molecule has 4 heterocycles. The van der Waals surface area contributed by atoms with E-state index in [9.17, 15) is 14.7 Å². The van der Waals surface area contributed by atoms with Crippen LogP contribution >= 0.6 is 0 Å². The first-order valence-corrected chi connectivity index (χ1v) is 25.7. The maximum absolute atomic E-state index is 12.3. The minimum absolute atomic E-state index is 0. The molecule has 0 bridgehead atoms. The molecule has 0 aromatic heterocycles. The molecule has 4 aliphatic heterocycles. The van der Waals surface area contributed by atoms with Gasteiger partial charge in [0, 0.05) is 47.4 Å². The number of benzene rings is 2. The fourth-order valence-electron chi connectivity index (χ4n) is 10.2. The number of carbonyl (C=O) groups is 2. The summed E-state index contributed by atoms with van der Waals surface area (Å²) < 4.78 is 43.5. The number of esters is 2. The molecule has 0 spiro atoms. The number of ether oxygens (including phenoxy) is 6. The number of hydrogen-bond donors (Lipinski definition) is 1. The van der Waals surface area contributed by atoms with Crippen molar-refractivity contribution < 1.29 is 53.7 Å². The molecule has 12 nitrogen and oxygen atoms in total. The molecule has 1 N–H and O–H groups in total. The third-order valence-corrected chi connectivity index (χ3v) is 18.6. The fraction of sp³-hybridized carbons (Fsp3) is 0.692. The van der Waals surface area contributed by atoms with Crippen molar-refractivity contribution in [1.82, 2.24) is 0 Å². The molecule has 0 aliphatic carbocycles. The predicted octanol–water partition coefficient (Wildman–Crippen LogP) is 8.81. The largest absolute Gasteiger partial charge is 0.469 e. The van der Waals surface area contributed by atoms with Gasteiger partial charge in [0.15, 0.2) is 0 Å². The van der Waals surface area contributed by atoms with Crippen molar-refractivity contribution in [2.75, 3.05) is 26.9 Å². The van der Waals surface area contributed by atoms with E-state index in [2.05, 4.69) is 95.9 Å². The quantitative estimate of drug-likeness (QED) is 0.0712. The van der Waals surface area contributed by atoms with Crippen LogP contribution < -0.4 is 10.4 Å². The van der Waals surface area contributed by atoms with Gasteiger partial charge in [-0.1, -0.05) is 81.4 Å². The highest BCUT2D eigenvalue weighted by atomic mass is 28.4. The number of aliphatic hydroxyl groups excluding tert-OH is 1. The highest BCUT2D eigenvalue weighted by molar-refractivity contribution is 6.99. The molecule has 14 heteroatoms. The van der Waals surface area contributed by atoms with Gasteiger partial charge in [-0.15, -0.1) is 0 Å². The maximum atomic E-state index is 12.3. The lowest BCUT2D eigenvalue weighted by Gasteiger charge is -2.47. The molecule has 6 rings (SSSR count). The first-order valence-electron chi connectivity index (χ1n) is 23.8. The van der Waals surface area contributed by atoms with E-state index in [4.69, 9.17) is 41.3 Å². The fourth-order valence-corrected chi connectivity index (χ4v) is 14.8. The molecule has 0 radical (unpaired) electrons. The van der Waals surface area contributed by atoms with Gasteiger partial charge >= 0.3 is 11.9 Å². The molecule has 0 saturated carbocycles. The Bertz CT molecular complexity index is 1880. The molecular formula is C52H79FN2O10Si. The molecular weight excluding hydrogens is 860 g/mol. The van der Waals surface area contributed by atoms with Gasteiger partial charge in [0.1, 0.15) is 11.2 Å².